The minimum Gasteiger partial charge on any atom is -0.479 e. The molecule has 0 aromatic heterocycles. The molecule has 1 heterocycles. The maximum Gasteiger partial charge on any atom is 0.261 e. The van der Waals surface area contributed by atoms with Gasteiger partial charge in [0.15, 0.2) is 11.9 Å². The van der Waals surface area contributed by atoms with Gasteiger partial charge < -0.3 is 10.1 Å². The van der Waals surface area contributed by atoms with Crippen LogP contribution in [0.2, 0.25) is 0 Å². The molecular weight excluding hydrogens is 297 g/mol. The maximum absolute atomic E-state index is 13.2. The normalized spacial score (nSPS) is 25.7. The molecule has 23 heavy (non-hydrogen) atoms. The monoisotopic (exact) mass is 315 g/mol. The van der Waals surface area contributed by atoms with Gasteiger partial charge in [0.25, 0.3) is 5.91 Å². The predicted molar refractivity (Wildman–Crippen MR) is 83.8 cm³/mol. The minimum atomic E-state index is -0.868. The molecule has 0 bridgehead atoms. The molecule has 1 amide bonds. The number of rotatable bonds is 3. The van der Waals surface area contributed by atoms with Crippen LogP contribution >= 0.6 is 0 Å². The first kappa shape index (κ1) is 15.5. The Bertz CT molecular complexity index is 710. The van der Waals surface area contributed by atoms with Crippen molar-refractivity contribution in [3.63, 3.8) is 0 Å². The van der Waals surface area contributed by atoms with E-state index in [9.17, 15) is 14.0 Å². The lowest BCUT2D eigenvalue weighted by Gasteiger charge is -2.29. The fraction of sp³-hybridized carbons (Fsp3) is 0.333. The van der Waals surface area contributed by atoms with Crippen molar-refractivity contribution in [1.82, 2.24) is 5.32 Å². The van der Waals surface area contributed by atoms with Gasteiger partial charge in [-0.05, 0) is 24.6 Å². The number of amides is 1. The molecule has 120 valence electrons. The zero-order valence-corrected chi connectivity index (χ0v) is 12.8. The van der Waals surface area contributed by atoms with Gasteiger partial charge in [0.1, 0.15) is 11.6 Å². The third-order valence-electron chi connectivity index (χ3n) is 4.17. The first-order valence-corrected chi connectivity index (χ1v) is 7.58. The van der Waals surface area contributed by atoms with E-state index in [2.05, 4.69) is 24.4 Å². The van der Waals surface area contributed by atoms with Crippen molar-refractivity contribution in [2.24, 2.45) is 5.41 Å². The molecule has 0 unspecified atom stereocenters. The zero-order chi connectivity index (χ0) is 16.4. The lowest BCUT2D eigenvalue weighted by atomic mass is 9.83. The van der Waals surface area contributed by atoms with Crippen LogP contribution in [0.25, 0.3) is 0 Å². The number of fused-ring (bicyclic) bond motifs is 1. The number of hydrogen-bond donors (Lipinski definition) is 1. The van der Waals surface area contributed by atoms with Gasteiger partial charge in [0.2, 0.25) is 0 Å². The summed E-state index contributed by atoms with van der Waals surface area (Å²) in [6.07, 6.45) is 7.94. The first-order valence-electron chi connectivity index (χ1n) is 7.58. The largest absolute Gasteiger partial charge is 0.479 e. The predicted octanol–water partition coefficient (Wildman–Crippen LogP) is 2.80. The van der Waals surface area contributed by atoms with Gasteiger partial charge in [0.05, 0.1) is 12.0 Å². The van der Waals surface area contributed by atoms with Crippen LogP contribution in [0.15, 0.2) is 42.5 Å². The molecule has 2 atom stereocenters. The van der Waals surface area contributed by atoms with E-state index in [1.54, 1.807) is 0 Å². The lowest BCUT2D eigenvalue weighted by Crippen LogP contribution is -2.45. The number of halogens is 1. The Morgan fingerprint density at radius 1 is 1.43 bits per heavy atom. The van der Waals surface area contributed by atoms with Gasteiger partial charge in [0, 0.05) is 12.0 Å². The van der Waals surface area contributed by atoms with Gasteiger partial charge in [-0.1, -0.05) is 31.2 Å². The van der Waals surface area contributed by atoms with Crippen LogP contribution in [0.1, 0.15) is 30.1 Å². The van der Waals surface area contributed by atoms with Gasteiger partial charge in [-0.2, -0.15) is 0 Å². The van der Waals surface area contributed by atoms with Crippen LogP contribution in [0.3, 0.4) is 0 Å². The Morgan fingerprint density at radius 3 is 3.00 bits per heavy atom. The molecule has 0 saturated carbocycles. The fourth-order valence-electron chi connectivity index (χ4n) is 2.75. The summed E-state index contributed by atoms with van der Waals surface area (Å²) >= 11 is 0. The highest BCUT2D eigenvalue weighted by molar-refractivity contribution is 6.03. The number of allylic oxidation sites excluding steroid dienone is 3. The van der Waals surface area contributed by atoms with Gasteiger partial charge in [-0.15, -0.1) is 0 Å². The molecule has 4 nitrogen and oxygen atoms in total. The molecule has 0 saturated heterocycles. The number of nitrogens with one attached hydrogen (secondary N) is 1. The van der Waals surface area contributed by atoms with E-state index in [0.717, 1.165) is 12.5 Å². The fourth-order valence-corrected chi connectivity index (χ4v) is 2.75. The Labute approximate surface area is 134 Å². The number of hydrogen-bond acceptors (Lipinski definition) is 3. The number of Topliss-reactive ketones (excluding diaryl/α,β-unsaturated/α-hetero) is 1. The minimum absolute atomic E-state index is 0.0747. The van der Waals surface area contributed by atoms with E-state index in [1.165, 1.54) is 12.1 Å². The Morgan fingerprint density at radius 2 is 2.26 bits per heavy atom. The summed E-state index contributed by atoms with van der Waals surface area (Å²) in [5.74, 6) is -0.835. The molecule has 3 rings (SSSR count). The topological polar surface area (TPSA) is 55.4 Å². The molecule has 1 aliphatic heterocycles. The molecular formula is C18H18FNO3. The summed E-state index contributed by atoms with van der Waals surface area (Å²) in [5.41, 5.74) is 0.0609. The van der Waals surface area contributed by atoms with Crippen LogP contribution in [-0.4, -0.2) is 24.3 Å². The molecule has 1 aliphatic carbocycles. The van der Waals surface area contributed by atoms with Crippen molar-refractivity contribution >= 4 is 11.7 Å². The van der Waals surface area contributed by atoms with Crippen LogP contribution in [0.4, 0.5) is 4.39 Å². The number of carbonyl (C=O) groups excluding carboxylic acids is 2. The van der Waals surface area contributed by atoms with E-state index < -0.39 is 11.9 Å². The molecule has 2 aliphatic rings. The lowest BCUT2D eigenvalue weighted by molar-refractivity contribution is -0.128. The standard InChI is InChI=1S/C18H18FNO3/c1-18(7-3-2-4-8-18)11-20-17(22)16-10-14(21)13-9-12(19)5-6-15(13)23-16/h2-7,9,16H,8,10-11H2,1H3,(H,20,22)/t16-,18-/m1/s1. The summed E-state index contributed by atoms with van der Waals surface area (Å²) in [6.45, 7) is 2.52. The van der Waals surface area contributed by atoms with Crippen LogP contribution in [-0.2, 0) is 4.79 Å². The Hall–Kier alpha value is -2.43. The van der Waals surface area contributed by atoms with Crippen LogP contribution in [0, 0.1) is 11.2 Å². The third kappa shape index (κ3) is 3.33. The average molecular weight is 315 g/mol. The smallest absolute Gasteiger partial charge is 0.261 e. The Balaban J connectivity index is 1.65. The maximum atomic E-state index is 13.2. The van der Waals surface area contributed by atoms with Crippen LogP contribution in [0.5, 0.6) is 5.75 Å². The second-order valence-electron chi connectivity index (χ2n) is 6.24. The average Bonchev–Trinajstić information content (AvgIpc) is 2.54. The van der Waals surface area contributed by atoms with E-state index in [-0.39, 0.29) is 34.8 Å². The highest BCUT2D eigenvalue weighted by Gasteiger charge is 2.32. The van der Waals surface area contributed by atoms with Crippen molar-refractivity contribution in [2.75, 3.05) is 6.54 Å². The third-order valence-corrected chi connectivity index (χ3v) is 4.17. The van der Waals surface area contributed by atoms with Gasteiger partial charge in [-0.3, -0.25) is 9.59 Å². The van der Waals surface area contributed by atoms with E-state index in [0.29, 0.717) is 6.54 Å². The summed E-state index contributed by atoms with van der Waals surface area (Å²) in [6, 6.07) is 3.75. The molecule has 1 aromatic rings. The van der Waals surface area contributed by atoms with Crippen molar-refractivity contribution in [3.05, 3.63) is 53.9 Å². The number of benzene rings is 1. The number of carbonyl (C=O) groups is 2. The van der Waals surface area contributed by atoms with E-state index in [1.807, 2.05) is 12.2 Å². The molecule has 0 fully saturated rings. The van der Waals surface area contributed by atoms with Gasteiger partial charge in [-0.25, -0.2) is 4.39 Å². The van der Waals surface area contributed by atoms with E-state index in [4.69, 9.17) is 4.74 Å². The summed E-state index contributed by atoms with van der Waals surface area (Å²) in [7, 11) is 0. The summed E-state index contributed by atoms with van der Waals surface area (Å²) in [5, 5.41) is 2.85. The van der Waals surface area contributed by atoms with Gasteiger partial charge >= 0.3 is 0 Å². The van der Waals surface area contributed by atoms with Crippen molar-refractivity contribution in [3.8, 4) is 5.75 Å². The zero-order valence-electron chi connectivity index (χ0n) is 12.8. The second-order valence-corrected chi connectivity index (χ2v) is 6.24. The van der Waals surface area contributed by atoms with Crippen molar-refractivity contribution in [1.29, 1.82) is 0 Å². The Kier molecular flexibility index (Phi) is 4.03. The highest BCUT2D eigenvalue weighted by Crippen LogP contribution is 2.29. The first-order chi connectivity index (χ1) is 11.0. The number of ether oxygens (including phenoxy) is 1. The second kappa shape index (κ2) is 5.99. The van der Waals surface area contributed by atoms with E-state index >= 15 is 0 Å². The van der Waals surface area contributed by atoms with Crippen LogP contribution < -0.4 is 10.1 Å². The molecule has 1 N–H and O–H groups in total. The SMILES string of the molecule is C[C@@]1(CNC(=O)[C@H]2CC(=O)c3cc(F)ccc3O2)C=CC=CC1. The molecule has 5 heteroatoms. The van der Waals surface area contributed by atoms with Crippen molar-refractivity contribution in [2.45, 2.75) is 25.9 Å². The molecule has 1 aromatic carbocycles. The quantitative estimate of drug-likeness (QED) is 0.933. The summed E-state index contributed by atoms with van der Waals surface area (Å²) in [4.78, 5) is 24.4. The van der Waals surface area contributed by atoms with Crippen molar-refractivity contribution < 1.29 is 18.7 Å². The number of ketones is 1. The molecule has 0 spiro atoms. The summed E-state index contributed by atoms with van der Waals surface area (Å²) < 4.78 is 18.8. The highest BCUT2D eigenvalue weighted by atomic mass is 19.1. The molecule has 0 radical (unpaired) electrons.